The first-order valence-corrected chi connectivity index (χ1v) is 7.27. The molecule has 0 spiro atoms. The smallest absolute Gasteiger partial charge is 0.183 e. The maximum absolute atomic E-state index is 12.8. The lowest BCUT2D eigenvalue weighted by Gasteiger charge is -2.32. The Hall–Kier alpha value is -1.10. The number of halogens is 1. The van der Waals surface area contributed by atoms with E-state index in [-0.39, 0.29) is 24.2 Å². The van der Waals surface area contributed by atoms with Crippen molar-refractivity contribution >= 4 is 18.2 Å². The number of carbonyl (C=O) groups excluding carboxylic acids is 1. The molecule has 2 heterocycles. The van der Waals surface area contributed by atoms with Crippen molar-refractivity contribution in [2.75, 3.05) is 32.9 Å². The zero-order valence-electron chi connectivity index (χ0n) is 12.6. The number of nitrogens with zero attached hydrogens (tertiary/aromatic N) is 1. The molecule has 4 nitrogen and oxygen atoms in total. The number of ketones is 1. The highest BCUT2D eigenvalue weighted by Gasteiger charge is 2.32. The maximum Gasteiger partial charge on any atom is 0.183 e. The number of benzene rings is 1. The topological polar surface area (TPSA) is 38.8 Å². The van der Waals surface area contributed by atoms with Gasteiger partial charge in [0.15, 0.2) is 5.78 Å². The molecule has 1 atom stereocenters. The number of fused-ring (bicyclic) bond motifs is 1. The Labute approximate surface area is 131 Å². The van der Waals surface area contributed by atoms with Gasteiger partial charge in [-0.1, -0.05) is 0 Å². The van der Waals surface area contributed by atoms with Gasteiger partial charge in [-0.25, -0.2) is 0 Å². The second-order valence-corrected chi connectivity index (χ2v) is 5.60. The van der Waals surface area contributed by atoms with E-state index in [4.69, 9.17) is 9.47 Å². The number of rotatable bonds is 1. The van der Waals surface area contributed by atoms with Crippen LogP contribution in [0.4, 0.5) is 0 Å². The molecule has 0 saturated carbocycles. The Balaban J connectivity index is 0.00000161. The van der Waals surface area contributed by atoms with Crippen molar-refractivity contribution in [3.8, 4) is 5.75 Å². The average molecular weight is 312 g/mol. The Morgan fingerprint density at radius 1 is 1.10 bits per heavy atom. The van der Waals surface area contributed by atoms with Crippen molar-refractivity contribution < 1.29 is 14.3 Å². The molecule has 2 aliphatic rings. The molecule has 116 valence electrons. The number of hydrogen-bond donors (Lipinski definition) is 0. The van der Waals surface area contributed by atoms with Gasteiger partial charge < -0.3 is 9.47 Å². The van der Waals surface area contributed by atoms with Crippen LogP contribution in [0.3, 0.4) is 0 Å². The number of hydrogen-bond acceptors (Lipinski definition) is 4. The molecular weight excluding hydrogens is 290 g/mol. The highest BCUT2D eigenvalue weighted by Crippen LogP contribution is 2.29. The Morgan fingerprint density at radius 3 is 2.48 bits per heavy atom. The third-order valence-electron chi connectivity index (χ3n) is 4.30. The zero-order valence-corrected chi connectivity index (χ0v) is 13.4. The van der Waals surface area contributed by atoms with Crippen molar-refractivity contribution in [1.82, 2.24) is 4.90 Å². The molecule has 1 aromatic carbocycles. The number of carbonyl (C=O) groups is 1. The molecule has 1 unspecified atom stereocenters. The summed E-state index contributed by atoms with van der Waals surface area (Å²) in [5.41, 5.74) is 3.05. The summed E-state index contributed by atoms with van der Waals surface area (Å²) < 4.78 is 11.2. The second kappa shape index (κ2) is 6.77. The van der Waals surface area contributed by atoms with Gasteiger partial charge in [0.2, 0.25) is 0 Å². The van der Waals surface area contributed by atoms with Crippen molar-refractivity contribution in [2.24, 2.45) is 0 Å². The number of Topliss-reactive ketones (excluding diaryl/α,β-unsaturated/α-hetero) is 1. The van der Waals surface area contributed by atoms with Crippen LogP contribution in [0.25, 0.3) is 0 Å². The lowest BCUT2D eigenvalue weighted by Crippen LogP contribution is -2.47. The van der Waals surface area contributed by atoms with Gasteiger partial charge in [0.05, 0.1) is 31.4 Å². The molecular formula is C16H22ClNO3. The third-order valence-corrected chi connectivity index (χ3v) is 4.30. The fourth-order valence-corrected chi connectivity index (χ4v) is 2.93. The zero-order chi connectivity index (χ0) is 14.1. The summed E-state index contributed by atoms with van der Waals surface area (Å²) in [7, 11) is 0. The van der Waals surface area contributed by atoms with E-state index >= 15 is 0 Å². The summed E-state index contributed by atoms with van der Waals surface area (Å²) in [5.74, 6) is 0.941. The van der Waals surface area contributed by atoms with Gasteiger partial charge in [-0.2, -0.15) is 0 Å². The van der Waals surface area contributed by atoms with E-state index in [9.17, 15) is 4.79 Å². The van der Waals surface area contributed by atoms with Crippen molar-refractivity contribution in [1.29, 1.82) is 0 Å². The van der Waals surface area contributed by atoms with E-state index in [0.717, 1.165) is 36.4 Å². The normalized spacial score (nSPS) is 22.8. The molecule has 1 fully saturated rings. The second-order valence-electron chi connectivity index (χ2n) is 5.60. The predicted octanol–water partition coefficient (Wildman–Crippen LogP) is 2.39. The van der Waals surface area contributed by atoms with Gasteiger partial charge in [-0.05, 0) is 37.1 Å². The minimum atomic E-state index is -0.0674. The Morgan fingerprint density at radius 2 is 1.76 bits per heavy atom. The van der Waals surface area contributed by atoms with Crippen LogP contribution in [0.15, 0.2) is 12.1 Å². The molecule has 0 bridgehead atoms. The fraction of sp³-hybridized carbons (Fsp3) is 0.562. The Kier molecular flexibility index (Phi) is 5.25. The van der Waals surface area contributed by atoms with Crippen molar-refractivity contribution in [3.63, 3.8) is 0 Å². The van der Waals surface area contributed by atoms with E-state index in [0.29, 0.717) is 19.8 Å². The quantitative estimate of drug-likeness (QED) is 0.798. The molecule has 2 aliphatic heterocycles. The fourth-order valence-electron chi connectivity index (χ4n) is 2.93. The average Bonchev–Trinajstić information content (AvgIpc) is 2.61. The van der Waals surface area contributed by atoms with E-state index in [2.05, 4.69) is 4.90 Å². The molecule has 3 rings (SSSR count). The minimum absolute atomic E-state index is 0. The third kappa shape index (κ3) is 3.23. The number of ether oxygens (including phenoxy) is 2. The summed E-state index contributed by atoms with van der Waals surface area (Å²) in [6.07, 6.45) is 0.756. The molecule has 1 saturated heterocycles. The minimum Gasteiger partial charge on any atom is -0.493 e. The summed E-state index contributed by atoms with van der Waals surface area (Å²) in [6.45, 7) is 7.77. The molecule has 0 radical (unpaired) electrons. The van der Waals surface area contributed by atoms with Gasteiger partial charge in [0.1, 0.15) is 5.75 Å². The van der Waals surface area contributed by atoms with Crippen LogP contribution < -0.4 is 4.74 Å². The lowest BCUT2D eigenvalue weighted by atomic mass is 9.97. The molecule has 5 heteroatoms. The van der Waals surface area contributed by atoms with Crippen LogP contribution in [-0.2, 0) is 4.74 Å². The van der Waals surface area contributed by atoms with Crippen LogP contribution in [-0.4, -0.2) is 49.6 Å². The number of aryl methyl sites for hydroxylation is 2. The van der Waals surface area contributed by atoms with Gasteiger partial charge >= 0.3 is 0 Å². The summed E-state index contributed by atoms with van der Waals surface area (Å²) in [5, 5.41) is 0. The van der Waals surface area contributed by atoms with Gasteiger partial charge in [0.25, 0.3) is 0 Å². The van der Waals surface area contributed by atoms with E-state index in [1.807, 2.05) is 26.0 Å². The van der Waals surface area contributed by atoms with Gasteiger partial charge in [-0.3, -0.25) is 9.69 Å². The van der Waals surface area contributed by atoms with Crippen LogP contribution in [0, 0.1) is 13.8 Å². The molecule has 0 amide bonds. The van der Waals surface area contributed by atoms with Crippen molar-refractivity contribution in [2.45, 2.75) is 26.3 Å². The van der Waals surface area contributed by atoms with Crippen LogP contribution in [0.1, 0.15) is 27.9 Å². The monoisotopic (exact) mass is 311 g/mol. The standard InChI is InChI=1S/C16H21NO3.ClH/c1-11-9-13-15(10-12(11)2)20-6-3-14(16(13)18)17-4-7-19-8-5-17;/h9-10,14H,3-8H2,1-2H3;1H. The lowest BCUT2D eigenvalue weighted by molar-refractivity contribution is 0.0150. The summed E-state index contributed by atoms with van der Waals surface area (Å²) >= 11 is 0. The van der Waals surface area contributed by atoms with E-state index in [1.165, 1.54) is 5.56 Å². The van der Waals surface area contributed by atoms with E-state index in [1.54, 1.807) is 0 Å². The molecule has 0 N–H and O–H groups in total. The Bertz CT molecular complexity index is 526. The summed E-state index contributed by atoms with van der Waals surface area (Å²) in [4.78, 5) is 15.1. The van der Waals surface area contributed by atoms with E-state index < -0.39 is 0 Å². The first-order chi connectivity index (χ1) is 9.66. The highest BCUT2D eigenvalue weighted by atomic mass is 35.5. The van der Waals surface area contributed by atoms with Gasteiger partial charge in [0, 0.05) is 19.5 Å². The van der Waals surface area contributed by atoms with Crippen molar-refractivity contribution in [3.05, 3.63) is 28.8 Å². The first-order valence-electron chi connectivity index (χ1n) is 7.27. The first kappa shape index (κ1) is 16.3. The van der Waals surface area contributed by atoms with Crippen LogP contribution in [0.2, 0.25) is 0 Å². The van der Waals surface area contributed by atoms with Gasteiger partial charge in [-0.15, -0.1) is 12.4 Å². The highest BCUT2D eigenvalue weighted by molar-refractivity contribution is 6.03. The molecule has 0 aliphatic carbocycles. The SMILES string of the molecule is Cc1cc2c(cc1C)C(=O)C(N1CCOCC1)CCO2.Cl. The van der Waals surface area contributed by atoms with Crippen LogP contribution >= 0.6 is 12.4 Å². The van der Waals surface area contributed by atoms with Crippen LogP contribution in [0.5, 0.6) is 5.75 Å². The maximum atomic E-state index is 12.8. The molecule has 0 aromatic heterocycles. The molecule has 21 heavy (non-hydrogen) atoms. The largest absolute Gasteiger partial charge is 0.493 e. The molecule has 1 aromatic rings. The predicted molar refractivity (Wildman–Crippen MR) is 83.8 cm³/mol. The number of morpholine rings is 1. The summed E-state index contributed by atoms with van der Waals surface area (Å²) in [6, 6.07) is 3.90.